The summed E-state index contributed by atoms with van der Waals surface area (Å²) >= 11 is 0. The van der Waals surface area contributed by atoms with Crippen LogP contribution in [0.25, 0.3) is 11.3 Å². The number of H-pyrrole nitrogens is 1. The molecule has 2 aromatic heterocycles. The first-order valence-electron chi connectivity index (χ1n) is 7.46. The van der Waals surface area contributed by atoms with Gasteiger partial charge in [-0.2, -0.15) is 5.10 Å². The van der Waals surface area contributed by atoms with Gasteiger partial charge in [0.1, 0.15) is 5.82 Å². The van der Waals surface area contributed by atoms with Crippen molar-refractivity contribution in [2.24, 2.45) is 0 Å². The normalized spacial score (nSPS) is 10.6. The third-order valence-corrected chi connectivity index (χ3v) is 3.38. The Morgan fingerprint density at radius 1 is 1.29 bits per heavy atom. The number of hydrogen-bond donors (Lipinski definition) is 2. The summed E-state index contributed by atoms with van der Waals surface area (Å²) in [5.74, 6) is -0.188. The Morgan fingerprint density at radius 2 is 2.08 bits per heavy atom. The second-order valence-electron chi connectivity index (χ2n) is 5.01. The number of carbonyl (C=O) groups excluding carboxylic acids is 1. The van der Waals surface area contributed by atoms with Gasteiger partial charge in [-0.3, -0.25) is 9.89 Å². The van der Waals surface area contributed by atoms with Gasteiger partial charge < -0.3 is 14.5 Å². The third kappa shape index (κ3) is 3.45. The molecule has 7 heteroatoms. The molecule has 2 N–H and O–H groups in total. The quantitative estimate of drug-likeness (QED) is 0.728. The average Bonchev–Trinajstić information content (AvgIpc) is 3.23. The van der Waals surface area contributed by atoms with E-state index in [1.165, 1.54) is 12.1 Å². The zero-order valence-corrected chi connectivity index (χ0v) is 13.0. The Morgan fingerprint density at radius 3 is 2.83 bits per heavy atom. The summed E-state index contributed by atoms with van der Waals surface area (Å²) in [5, 5.41) is 9.60. The molecule has 0 radical (unpaired) electrons. The van der Waals surface area contributed by atoms with Crippen molar-refractivity contribution in [1.82, 2.24) is 15.5 Å². The van der Waals surface area contributed by atoms with Crippen molar-refractivity contribution in [3.8, 4) is 17.2 Å². The lowest BCUT2D eigenvalue weighted by atomic mass is 10.1. The SMILES string of the molecule is CCOc1ccc(C(=O)NCc2cn[nH]c2-c2ccc(F)cc2)o1. The van der Waals surface area contributed by atoms with Gasteiger partial charge in [-0.05, 0) is 37.3 Å². The first-order valence-corrected chi connectivity index (χ1v) is 7.46. The van der Waals surface area contributed by atoms with Crippen LogP contribution in [0, 0.1) is 5.82 Å². The number of aromatic nitrogens is 2. The summed E-state index contributed by atoms with van der Waals surface area (Å²) < 4.78 is 23.5. The maximum Gasteiger partial charge on any atom is 0.287 e. The van der Waals surface area contributed by atoms with Gasteiger partial charge in [-0.25, -0.2) is 4.39 Å². The van der Waals surface area contributed by atoms with Gasteiger partial charge in [0.2, 0.25) is 0 Å². The largest absolute Gasteiger partial charge is 0.465 e. The average molecular weight is 329 g/mol. The monoisotopic (exact) mass is 329 g/mol. The lowest BCUT2D eigenvalue weighted by Crippen LogP contribution is -2.22. The fourth-order valence-electron chi connectivity index (χ4n) is 2.24. The van der Waals surface area contributed by atoms with E-state index in [-0.39, 0.29) is 24.0 Å². The number of benzene rings is 1. The Bertz CT molecular complexity index is 824. The van der Waals surface area contributed by atoms with E-state index in [4.69, 9.17) is 9.15 Å². The van der Waals surface area contributed by atoms with Gasteiger partial charge in [0.25, 0.3) is 11.9 Å². The maximum absolute atomic E-state index is 13.0. The first-order chi connectivity index (χ1) is 11.7. The molecule has 0 fully saturated rings. The van der Waals surface area contributed by atoms with Gasteiger partial charge in [-0.15, -0.1) is 0 Å². The second-order valence-corrected chi connectivity index (χ2v) is 5.01. The molecule has 0 unspecified atom stereocenters. The highest BCUT2D eigenvalue weighted by Crippen LogP contribution is 2.21. The smallest absolute Gasteiger partial charge is 0.287 e. The van der Waals surface area contributed by atoms with Crippen molar-refractivity contribution in [2.75, 3.05) is 6.61 Å². The summed E-state index contributed by atoms with van der Waals surface area (Å²) in [6.45, 7) is 2.55. The Kier molecular flexibility index (Phi) is 4.60. The summed E-state index contributed by atoms with van der Waals surface area (Å²) in [5.41, 5.74) is 2.30. The number of hydrogen-bond acceptors (Lipinski definition) is 4. The minimum absolute atomic E-state index is 0.172. The third-order valence-electron chi connectivity index (χ3n) is 3.38. The van der Waals surface area contributed by atoms with E-state index in [1.54, 1.807) is 30.5 Å². The summed E-state index contributed by atoms with van der Waals surface area (Å²) in [4.78, 5) is 12.1. The number of ether oxygens (including phenoxy) is 1. The number of amides is 1. The summed E-state index contributed by atoms with van der Waals surface area (Å²) in [6, 6.07) is 9.19. The molecule has 2 heterocycles. The molecule has 1 aromatic carbocycles. The predicted octanol–water partition coefficient (Wildman–Crippen LogP) is 3.14. The topological polar surface area (TPSA) is 80.1 Å². The van der Waals surface area contributed by atoms with Crippen molar-refractivity contribution in [3.05, 3.63) is 59.7 Å². The van der Waals surface area contributed by atoms with Crippen LogP contribution < -0.4 is 10.1 Å². The molecule has 3 rings (SSSR count). The molecular weight excluding hydrogens is 313 g/mol. The first kappa shape index (κ1) is 15.8. The van der Waals surface area contributed by atoms with Gasteiger partial charge >= 0.3 is 0 Å². The molecule has 1 amide bonds. The van der Waals surface area contributed by atoms with Crippen LogP contribution in [0.3, 0.4) is 0 Å². The zero-order chi connectivity index (χ0) is 16.9. The second kappa shape index (κ2) is 6.99. The van der Waals surface area contributed by atoms with Crippen LogP contribution in [-0.2, 0) is 6.54 Å². The maximum atomic E-state index is 13.0. The molecule has 0 spiro atoms. The number of aromatic amines is 1. The standard InChI is InChI=1S/C17H16FN3O3/c1-2-23-15-8-7-14(24-15)17(22)19-9-12-10-20-21-16(12)11-3-5-13(18)6-4-11/h3-8,10H,2,9H2,1H3,(H,19,22)(H,20,21). The van der Waals surface area contributed by atoms with Crippen molar-refractivity contribution in [3.63, 3.8) is 0 Å². The van der Waals surface area contributed by atoms with E-state index < -0.39 is 0 Å². The predicted molar refractivity (Wildman–Crippen MR) is 85.0 cm³/mol. The van der Waals surface area contributed by atoms with E-state index in [9.17, 15) is 9.18 Å². The zero-order valence-electron chi connectivity index (χ0n) is 13.0. The van der Waals surface area contributed by atoms with Crippen LogP contribution in [0.4, 0.5) is 4.39 Å². The summed E-state index contributed by atoms with van der Waals surface area (Å²) in [7, 11) is 0. The molecule has 124 valence electrons. The number of halogens is 1. The molecule has 0 saturated heterocycles. The Labute approximate surface area is 137 Å². The van der Waals surface area contributed by atoms with Gasteiger partial charge in [-0.1, -0.05) is 0 Å². The summed E-state index contributed by atoms with van der Waals surface area (Å²) in [6.07, 6.45) is 1.62. The van der Waals surface area contributed by atoms with E-state index in [0.717, 1.165) is 16.8 Å². The fraction of sp³-hybridized carbons (Fsp3) is 0.176. The van der Waals surface area contributed by atoms with Crippen LogP contribution >= 0.6 is 0 Å². The van der Waals surface area contributed by atoms with Gasteiger partial charge in [0.05, 0.1) is 18.5 Å². The van der Waals surface area contributed by atoms with E-state index in [1.807, 2.05) is 6.92 Å². The minimum Gasteiger partial charge on any atom is -0.465 e. The lowest BCUT2D eigenvalue weighted by molar-refractivity contribution is 0.0915. The molecule has 24 heavy (non-hydrogen) atoms. The van der Waals surface area contributed by atoms with Crippen LogP contribution in [0.15, 0.2) is 47.0 Å². The minimum atomic E-state index is -0.354. The molecule has 3 aromatic rings. The number of carbonyl (C=O) groups is 1. The van der Waals surface area contributed by atoms with Crippen LogP contribution in [0.5, 0.6) is 5.95 Å². The molecule has 0 atom stereocenters. The number of nitrogens with zero attached hydrogens (tertiary/aromatic N) is 1. The van der Waals surface area contributed by atoms with E-state index in [0.29, 0.717) is 12.6 Å². The van der Waals surface area contributed by atoms with Crippen molar-refractivity contribution < 1.29 is 18.3 Å². The van der Waals surface area contributed by atoms with Crippen LogP contribution in [-0.4, -0.2) is 22.7 Å². The van der Waals surface area contributed by atoms with Gasteiger partial charge in [0, 0.05) is 23.7 Å². The molecule has 0 aliphatic carbocycles. The fourth-order valence-corrected chi connectivity index (χ4v) is 2.24. The Balaban J connectivity index is 1.67. The van der Waals surface area contributed by atoms with Crippen molar-refractivity contribution in [1.29, 1.82) is 0 Å². The van der Waals surface area contributed by atoms with E-state index in [2.05, 4.69) is 15.5 Å². The number of nitrogens with one attached hydrogen (secondary N) is 2. The van der Waals surface area contributed by atoms with Crippen LogP contribution in [0.2, 0.25) is 0 Å². The van der Waals surface area contributed by atoms with E-state index >= 15 is 0 Å². The molecule has 6 nitrogen and oxygen atoms in total. The Hall–Kier alpha value is -3.09. The van der Waals surface area contributed by atoms with Crippen LogP contribution in [0.1, 0.15) is 23.0 Å². The highest BCUT2D eigenvalue weighted by Gasteiger charge is 2.14. The number of rotatable bonds is 6. The molecule has 0 bridgehead atoms. The van der Waals surface area contributed by atoms with Gasteiger partial charge in [0.15, 0.2) is 5.76 Å². The molecule has 0 saturated carbocycles. The highest BCUT2D eigenvalue weighted by molar-refractivity contribution is 5.91. The number of furan rings is 1. The van der Waals surface area contributed by atoms with Crippen molar-refractivity contribution >= 4 is 5.91 Å². The molecular formula is C17H16FN3O3. The molecule has 0 aliphatic rings. The molecule has 0 aliphatic heterocycles. The highest BCUT2D eigenvalue weighted by atomic mass is 19.1. The van der Waals surface area contributed by atoms with Crippen molar-refractivity contribution in [2.45, 2.75) is 13.5 Å². The lowest BCUT2D eigenvalue weighted by Gasteiger charge is -2.05.